The summed E-state index contributed by atoms with van der Waals surface area (Å²) in [6.45, 7) is 7.00. The lowest BCUT2D eigenvalue weighted by atomic mass is 10.1. The molecular formula is C15H20N2O3S. The largest absolute Gasteiger partial charge is 0.376 e. The Hall–Kier alpha value is -1.66. The van der Waals surface area contributed by atoms with E-state index in [0.717, 1.165) is 16.2 Å². The molecule has 0 aliphatic carbocycles. The normalized spacial score (nSPS) is 11.8. The van der Waals surface area contributed by atoms with Gasteiger partial charge in [0.1, 0.15) is 0 Å². The highest BCUT2D eigenvalue weighted by Crippen LogP contribution is 2.16. The number of ether oxygens (including phenoxy) is 1. The number of amides is 1. The number of rotatable bonds is 5. The van der Waals surface area contributed by atoms with E-state index < -0.39 is 0 Å². The molecule has 2 rings (SSSR count). The number of hydrogen-bond acceptors (Lipinski definition) is 4. The van der Waals surface area contributed by atoms with Gasteiger partial charge in [0.15, 0.2) is 0 Å². The Kier molecular flexibility index (Phi) is 4.80. The van der Waals surface area contributed by atoms with Gasteiger partial charge < -0.3 is 10.1 Å². The summed E-state index contributed by atoms with van der Waals surface area (Å²) in [7, 11) is 0. The molecule has 0 atom stereocenters. The van der Waals surface area contributed by atoms with Gasteiger partial charge in [-0.25, -0.2) is 4.79 Å². The first-order valence-electron chi connectivity index (χ1n) is 6.98. The maximum absolute atomic E-state index is 12.1. The van der Waals surface area contributed by atoms with Gasteiger partial charge in [-0.05, 0) is 50.9 Å². The fourth-order valence-electron chi connectivity index (χ4n) is 2.11. The molecule has 1 aromatic heterocycles. The molecule has 2 aromatic rings. The van der Waals surface area contributed by atoms with Gasteiger partial charge in [0.2, 0.25) is 0 Å². The lowest BCUT2D eigenvalue weighted by molar-refractivity contribution is -0.0151. The zero-order valence-electron chi connectivity index (χ0n) is 12.5. The molecule has 0 bridgehead atoms. The molecule has 6 heteroatoms. The number of benzene rings is 1. The van der Waals surface area contributed by atoms with E-state index in [0.29, 0.717) is 25.0 Å². The van der Waals surface area contributed by atoms with E-state index in [-0.39, 0.29) is 17.2 Å². The van der Waals surface area contributed by atoms with Crippen LogP contribution in [0.2, 0.25) is 0 Å². The van der Waals surface area contributed by atoms with E-state index in [1.54, 1.807) is 12.1 Å². The smallest absolute Gasteiger partial charge is 0.338 e. The maximum atomic E-state index is 12.1. The van der Waals surface area contributed by atoms with Crippen molar-refractivity contribution in [2.45, 2.75) is 32.8 Å². The highest BCUT2D eigenvalue weighted by Gasteiger charge is 2.18. The second kappa shape index (κ2) is 6.41. The third-order valence-corrected chi connectivity index (χ3v) is 4.28. The summed E-state index contributed by atoms with van der Waals surface area (Å²) in [5, 5.41) is 3.35. The van der Waals surface area contributed by atoms with Crippen LogP contribution in [0.5, 0.6) is 0 Å². The van der Waals surface area contributed by atoms with Crippen molar-refractivity contribution in [3.05, 3.63) is 34.6 Å². The van der Waals surface area contributed by atoms with Crippen molar-refractivity contribution >= 4 is 27.6 Å². The molecule has 0 saturated carbocycles. The molecule has 0 aliphatic heterocycles. The highest BCUT2D eigenvalue weighted by atomic mass is 32.1. The molecule has 1 heterocycles. The molecule has 0 saturated heterocycles. The summed E-state index contributed by atoms with van der Waals surface area (Å²) in [6, 6.07) is 6.84. The maximum Gasteiger partial charge on any atom is 0.338 e. The Morgan fingerprint density at radius 1 is 1.38 bits per heavy atom. The topological polar surface area (TPSA) is 60.3 Å². The third-order valence-electron chi connectivity index (χ3n) is 3.21. The Morgan fingerprint density at radius 2 is 2.10 bits per heavy atom. The van der Waals surface area contributed by atoms with E-state index in [2.05, 4.69) is 5.32 Å². The third kappa shape index (κ3) is 3.71. The van der Waals surface area contributed by atoms with Gasteiger partial charge in [0.05, 0.1) is 15.7 Å². The van der Waals surface area contributed by atoms with Gasteiger partial charge in [-0.15, -0.1) is 0 Å². The second-order valence-electron chi connectivity index (χ2n) is 5.36. The summed E-state index contributed by atoms with van der Waals surface area (Å²) in [5.74, 6) is 0. The Bertz CT molecular complexity index is 688. The zero-order valence-corrected chi connectivity index (χ0v) is 13.3. The van der Waals surface area contributed by atoms with Crippen molar-refractivity contribution < 1.29 is 9.53 Å². The van der Waals surface area contributed by atoms with Crippen LogP contribution in [0.15, 0.2) is 29.1 Å². The summed E-state index contributed by atoms with van der Waals surface area (Å²) < 4.78 is 7.55. The summed E-state index contributed by atoms with van der Waals surface area (Å²) in [6.07, 6.45) is 0.687. The zero-order chi connectivity index (χ0) is 15.5. The summed E-state index contributed by atoms with van der Waals surface area (Å²) >= 11 is 1.16. The number of nitrogens with one attached hydrogen (secondary N) is 1. The lowest BCUT2D eigenvalue weighted by Gasteiger charge is -2.24. The van der Waals surface area contributed by atoms with Crippen LogP contribution in [-0.4, -0.2) is 28.7 Å². The van der Waals surface area contributed by atoms with E-state index in [1.165, 1.54) is 3.96 Å². The molecule has 1 aromatic carbocycles. The Labute approximate surface area is 127 Å². The molecule has 0 unspecified atom stereocenters. The minimum absolute atomic E-state index is 0.267. The van der Waals surface area contributed by atoms with Gasteiger partial charge in [0, 0.05) is 13.2 Å². The number of hydrogen-bond donors (Lipinski definition) is 1. The molecule has 5 nitrogen and oxygen atoms in total. The van der Waals surface area contributed by atoms with Crippen molar-refractivity contribution in [3.63, 3.8) is 0 Å². The molecule has 114 valence electrons. The molecule has 0 radical (unpaired) electrons. The number of fused-ring (bicyclic) bond motifs is 1. The highest BCUT2D eigenvalue weighted by molar-refractivity contribution is 7.14. The van der Waals surface area contributed by atoms with E-state index in [4.69, 9.17) is 4.74 Å². The van der Waals surface area contributed by atoms with E-state index in [9.17, 15) is 9.59 Å². The minimum Gasteiger partial charge on any atom is -0.376 e. The van der Waals surface area contributed by atoms with Crippen LogP contribution in [0.4, 0.5) is 4.79 Å². The van der Waals surface area contributed by atoms with Crippen molar-refractivity contribution in [2.75, 3.05) is 13.2 Å². The quantitative estimate of drug-likeness (QED) is 0.924. The van der Waals surface area contributed by atoms with Crippen LogP contribution in [-0.2, 0) is 4.74 Å². The second-order valence-corrected chi connectivity index (χ2v) is 6.35. The number of carbonyl (C=O) groups excluding carboxylic acids is 1. The minimum atomic E-state index is -0.381. The van der Waals surface area contributed by atoms with Crippen LogP contribution in [0, 0.1) is 0 Å². The van der Waals surface area contributed by atoms with Crippen molar-refractivity contribution in [2.24, 2.45) is 0 Å². The number of carbonyl (C=O) groups is 1. The van der Waals surface area contributed by atoms with Crippen LogP contribution in [0.25, 0.3) is 10.1 Å². The van der Waals surface area contributed by atoms with Gasteiger partial charge >= 0.3 is 6.03 Å². The van der Waals surface area contributed by atoms with Gasteiger partial charge in [-0.2, -0.15) is 3.96 Å². The van der Waals surface area contributed by atoms with Gasteiger partial charge in [-0.3, -0.25) is 4.79 Å². The Morgan fingerprint density at radius 3 is 2.76 bits per heavy atom. The van der Waals surface area contributed by atoms with Crippen molar-refractivity contribution in [3.8, 4) is 0 Å². The number of nitrogens with zero attached hydrogens (tertiary/aromatic N) is 1. The average molecular weight is 308 g/mol. The molecule has 1 N–H and O–H groups in total. The van der Waals surface area contributed by atoms with Crippen molar-refractivity contribution in [1.82, 2.24) is 9.27 Å². The molecular weight excluding hydrogens is 288 g/mol. The van der Waals surface area contributed by atoms with Crippen LogP contribution < -0.4 is 10.9 Å². The Balaban J connectivity index is 2.03. The standard InChI is InChI=1S/C15H20N2O3S/c1-4-20-15(2,3)9-10-16-14(19)17-13(18)11-7-5-6-8-12(11)21-17/h5-8H,4,9-10H2,1-3H3,(H,16,19). The van der Waals surface area contributed by atoms with Crippen LogP contribution >= 0.6 is 11.5 Å². The van der Waals surface area contributed by atoms with E-state index >= 15 is 0 Å². The molecule has 0 spiro atoms. The summed E-state index contributed by atoms with van der Waals surface area (Å²) in [4.78, 5) is 24.2. The fourth-order valence-corrected chi connectivity index (χ4v) is 3.03. The van der Waals surface area contributed by atoms with Crippen molar-refractivity contribution in [1.29, 1.82) is 0 Å². The predicted molar refractivity (Wildman–Crippen MR) is 85.2 cm³/mol. The first-order valence-corrected chi connectivity index (χ1v) is 7.75. The predicted octanol–water partition coefficient (Wildman–Crippen LogP) is 2.83. The molecule has 0 aliphatic rings. The lowest BCUT2D eigenvalue weighted by Crippen LogP contribution is -2.37. The fraction of sp³-hybridized carbons (Fsp3) is 0.467. The van der Waals surface area contributed by atoms with Gasteiger partial charge in [0.25, 0.3) is 5.56 Å². The van der Waals surface area contributed by atoms with Crippen LogP contribution in [0.3, 0.4) is 0 Å². The van der Waals surface area contributed by atoms with E-state index in [1.807, 2.05) is 32.9 Å². The summed E-state index contributed by atoms with van der Waals surface area (Å²) in [5.41, 5.74) is -0.551. The van der Waals surface area contributed by atoms with Gasteiger partial charge in [-0.1, -0.05) is 12.1 Å². The monoisotopic (exact) mass is 308 g/mol. The SMILES string of the molecule is CCOC(C)(C)CCNC(=O)n1sc2ccccc2c1=O. The first kappa shape index (κ1) is 15.7. The average Bonchev–Trinajstić information content (AvgIpc) is 2.76. The molecule has 0 fully saturated rings. The number of aromatic nitrogens is 1. The van der Waals surface area contributed by atoms with Crippen LogP contribution in [0.1, 0.15) is 27.2 Å². The first-order chi connectivity index (χ1) is 9.94. The molecule has 21 heavy (non-hydrogen) atoms. The molecule has 1 amide bonds.